The second kappa shape index (κ2) is 4.00. The predicted molar refractivity (Wildman–Crippen MR) is 53.0 cm³/mol. The smallest absolute Gasteiger partial charge is 0.306 e. The molecule has 0 bridgehead atoms. The van der Waals surface area contributed by atoms with Crippen LogP contribution in [-0.4, -0.2) is 16.2 Å². The summed E-state index contributed by atoms with van der Waals surface area (Å²) in [5.41, 5.74) is 6.57. The minimum Gasteiger partial charge on any atom is -0.506 e. The highest BCUT2D eigenvalue weighted by Crippen LogP contribution is 2.21. The lowest BCUT2D eigenvalue weighted by Crippen LogP contribution is -2.12. The van der Waals surface area contributed by atoms with Crippen molar-refractivity contribution >= 4 is 11.7 Å². The second-order valence-electron chi connectivity index (χ2n) is 3.34. The largest absolute Gasteiger partial charge is 0.506 e. The first-order chi connectivity index (χ1) is 6.50. The highest BCUT2D eigenvalue weighted by molar-refractivity contribution is 5.70. The second-order valence-corrected chi connectivity index (χ2v) is 3.34. The molecular weight excluding hydrogens is 182 g/mol. The number of nitrogens with two attached hydrogens (primary N) is 1. The number of carboxylic acid groups (broad SMARTS) is 1. The van der Waals surface area contributed by atoms with Crippen molar-refractivity contribution < 1.29 is 15.0 Å². The number of carboxylic acids is 1. The number of aliphatic carboxylic acids is 1. The zero-order valence-electron chi connectivity index (χ0n) is 7.90. The van der Waals surface area contributed by atoms with Crippen LogP contribution in [0, 0.1) is 5.92 Å². The Kier molecular flexibility index (Phi) is 2.96. The summed E-state index contributed by atoms with van der Waals surface area (Å²) < 4.78 is 0. The van der Waals surface area contributed by atoms with E-state index < -0.39 is 11.9 Å². The molecule has 0 spiro atoms. The average Bonchev–Trinajstić information content (AvgIpc) is 2.11. The van der Waals surface area contributed by atoms with Crippen LogP contribution in [0.2, 0.25) is 0 Å². The third-order valence-corrected chi connectivity index (χ3v) is 2.06. The van der Waals surface area contributed by atoms with E-state index in [1.54, 1.807) is 19.1 Å². The van der Waals surface area contributed by atoms with Crippen molar-refractivity contribution in [2.24, 2.45) is 5.92 Å². The molecule has 14 heavy (non-hydrogen) atoms. The molecule has 1 rings (SSSR count). The van der Waals surface area contributed by atoms with E-state index in [-0.39, 0.29) is 11.4 Å². The van der Waals surface area contributed by atoms with Crippen LogP contribution in [0.25, 0.3) is 0 Å². The van der Waals surface area contributed by atoms with Crippen LogP contribution in [0.4, 0.5) is 5.69 Å². The molecule has 1 aromatic carbocycles. The van der Waals surface area contributed by atoms with Gasteiger partial charge in [-0.1, -0.05) is 13.0 Å². The normalized spacial score (nSPS) is 12.4. The van der Waals surface area contributed by atoms with Gasteiger partial charge in [-0.2, -0.15) is 0 Å². The molecule has 0 aliphatic heterocycles. The molecule has 1 atom stereocenters. The SMILES string of the molecule is C[C@@H](Cc1ccc(O)c(N)c1)C(=O)O. The molecule has 0 aliphatic carbocycles. The summed E-state index contributed by atoms with van der Waals surface area (Å²) in [5, 5.41) is 17.8. The van der Waals surface area contributed by atoms with Crippen LogP contribution in [0.1, 0.15) is 12.5 Å². The number of aromatic hydroxyl groups is 1. The highest BCUT2D eigenvalue weighted by Gasteiger charge is 2.11. The van der Waals surface area contributed by atoms with Gasteiger partial charge in [0.25, 0.3) is 0 Å². The Morgan fingerprint density at radius 1 is 1.57 bits per heavy atom. The van der Waals surface area contributed by atoms with Gasteiger partial charge in [-0.15, -0.1) is 0 Å². The van der Waals surface area contributed by atoms with E-state index in [0.717, 1.165) is 5.56 Å². The Morgan fingerprint density at radius 3 is 2.71 bits per heavy atom. The maximum absolute atomic E-state index is 10.6. The predicted octanol–water partition coefficient (Wildman–Crippen LogP) is 1.24. The quantitative estimate of drug-likeness (QED) is 0.500. The molecule has 0 saturated heterocycles. The van der Waals surface area contributed by atoms with Crippen molar-refractivity contribution in [1.29, 1.82) is 0 Å². The fraction of sp³-hybridized carbons (Fsp3) is 0.300. The van der Waals surface area contributed by atoms with Crippen molar-refractivity contribution in [3.63, 3.8) is 0 Å². The van der Waals surface area contributed by atoms with Crippen molar-refractivity contribution in [2.45, 2.75) is 13.3 Å². The molecule has 4 nitrogen and oxygen atoms in total. The van der Waals surface area contributed by atoms with E-state index in [0.29, 0.717) is 6.42 Å². The van der Waals surface area contributed by atoms with Crippen LogP contribution in [-0.2, 0) is 11.2 Å². The Morgan fingerprint density at radius 2 is 2.21 bits per heavy atom. The van der Waals surface area contributed by atoms with Crippen LogP contribution < -0.4 is 5.73 Å². The van der Waals surface area contributed by atoms with Gasteiger partial charge in [0.15, 0.2) is 0 Å². The number of carbonyl (C=O) groups is 1. The minimum atomic E-state index is -0.836. The standard InChI is InChI=1S/C10H13NO3/c1-6(10(13)14)4-7-2-3-9(12)8(11)5-7/h2-3,5-6,12H,4,11H2,1H3,(H,13,14)/t6-/m0/s1. The van der Waals surface area contributed by atoms with Gasteiger partial charge < -0.3 is 15.9 Å². The van der Waals surface area contributed by atoms with Crippen molar-refractivity contribution in [3.05, 3.63) is 23.8 Å². The molecule has 1 aromatic rings. The monoisotopic (exact) mass is 195 g/mol. The zero-order chi connectivity index (χ0) is 10.7. The first-order valence-corrected chi connectivity index (χ1v) is 4.31. The first kappa shape index (κ1) is 10.4. The molecule has 0 unspecified atom stereocenters. The van der Waals surface area contributed by atoms with E-state index in [1.807, 2.05) is 0 Å². The lowest BCUT2D eigenvalue weighted by Gasteiger charge is -2.07. The summed E-state index contributed by atoms with van der Waals surface area (Å²) in [6.45, 7) is 1.63. The maximum Gasteiger partial charge on any atom is 0.306 e. The molecule has 0 aliphatic rings. The molecule has 0 aromatic heterocycles. The van der Waals surface area contributed by atoms with Crippen molar-refractivity contribution in [2.75, 3.05) is 5.73 Å². The third kappa shape index (κ3) is 2.39. The summed E-state index contributed by atoms with van der Waals surface area (Å²) >= 11 is 0. The number of nitrogen functional groups attached to an aromatic ring is 1. The van der Waals surface area contributed by atoms with Gasteiger partial charge in [0.1, 0.15) is 5.75 Å². The number of rotatable bonds is 3. The lowest BCUT2D eigenvalue weighted by molar-refractivity contribution is -0.141. The van der Waals surface area contributed by atoms with Crippen molar-refractivity contribution in [1.82, 2.24) is 0 Å². The van der Waals surface area contributed by atoms with Gasteiger partial charge in [0.2, 0.25) is 0 Å². The number of benzene rings is 1. The van der Waals surface area contributed by atoms with Crippen LogP contribution >= 0.6 is 0 Å². The Bertz CT molecular complexity index is 349. The highest BCUT2D eigenvalue weighted by atomic mass is 16.4. The molecule has 0 radical (unpaired) electrons. The lowest BCUT2D eigenvalue weighted by atomic mass is 10.0. The Labute approximate surface area is 82.0 Å². The van der Waals surface area contributed by atoms with E-state index in [1.165, 1.54) is 6.07 Å². The molecular formula is C10H13NO3. The third-order valence-electron chi connectivity index (χ3n) is 2.06. The summed E-state index contributed by atoms with van der Waals surface area (Å²) in [4.78, 5) is 10.6. The number of anilines is 1. The summed E-state index contributed by atoms with van der Waals surface area (Å²) in [5.74, 6) is -1.26. The van der Waals surface area contributed by atoms with Crippen LogP contribution in [0.15, 0.2) is 18.2 Å². The van der Waals surface area contributed by atoms with Gasteiger partial charge in [-0.05, 0) is 24.1 Å². The van der Waals surface area contributed by atoms with Gasteiger partial charge >= 0.3 is 5.97 Å². The van der Waals surface area contributed by atoms with E-state index in [4.69, 9.17) is 15.9 Å². The molecule has 0 saturated carbocycles. The molecule has 0 fully saturated rings. The number of hydrogen-bond acceptors (Lipinski definition) is 3. The van der Waals surface area contributed by atoms with E-state index in [2.05, 4.69) is 0 Å². The summed E-state index contributed by atoms with van der Waals surface area (Å²) in [6.07, 6.45) is 0.416. The number of hydrogen-bond donors (Lipinski definition) is 3. The molecule has 4 heteroatoms. The van der Waals surface area contributed by atoms with Crippen LogP contribution in [0.3, 0.4) is 0 Å². The van der Waals surface area contributed by atoms with Gasteiger partial charge in [0.05, 0.1) is 11.6 Å². The maximum atomic E-state index is 10.6. The first-order valence-electron chi connectivity index (χ1n) is 4.31. The average molecular weight is 195 g/mol. The molecule has 0 amide bonds. The van der Waals surface area contributed by atoms with E-state index in [9.17, 15) is 4.79 Å². The molecule has 0 heterocycles. The summed E-state index contributed by atoms with van der Waals surface area (Å²) in [7, 11) is 0. The van der Waals surface area contributed by atoms with Gasteiger partial charge in [-0.25, -0.2) is 0 Å². The van der Waals surface area contributed by atoms with E-state index >= 15 is 0 Å². The number of phenolic OH excluding ortho intramolecular Hbond substituents is 1. The molecule has 76 valence electrons. The van der Waals surface area contributed by atoms with Crippen molar-refractivity contribution in [3.8, 4) is 5.75 Å². The fourth-order valence-electron chi connectivity index (χ4n) is 1.17. The minimum absolute atomic E-state index is 0.0247. The summed E-state index contributed by atoms with van der Waals surface area (Å²) in [6, 6.07) is 4.74. The fourth-order valence-corrected chi connectivity index (χ4v) is 1.17. The Balaban J connectivity index is 2.78. The topological polar surface area (TPSA) is 83.5 Å². The van der Waals surface area contributed by atoms with Crippen LogP contribution in [0.5, 0.6) is 5.75 Å². The number of phenols is 1. The van der Waals surface area contributed by atoms with Gasteiger partial charge in [0, 0.05) is 0 Å². The zero-order valence-corrected chi connectivity index (χ0v) is 7.90. The Hall–Kier alpha value is -1.71. The van der Waals surface area contributed by atoms with Gasteiger partial charge in [-0.3, -0.25) is 4.79 Å². The molecule has 4 N–H and O–H groups in total.